The van der Waals surface area contributed by atoms with E-state index in [1.807, 2.05) is 36.7 Å². The Balaban J connectivity index is 2.26. The van der Waals surface area contributed by atoms with E-state index in [1.54, 1.807) is 11.3 Å². The quantitative estimate of drug-likeness (QED) is 0.644. The van der Waals surface area contributed by atoms with Gasteiger partial charge in [-0.25, -0.2) is 0 Å². The molecule has 0 saturated carbocycles. The summed E-state index contributed by atoms with van der Waals surface area (Å²) in [6, 6.07) is 9.98. The zero-order valence-electron chi connectivity index (χ0n) is 8.55. The van der Waals surface area contributed by atoms with Crippen molar-refractivity contribution in [2.24, 2.45) is 0 Å². The second-order valence-electron chi connectivity index (χ2n) is 3.65. The maximum Gasteiger partial charge on any atom is 0.0379 e. The average Bonchev–Trinajstić information content (AvgIpc) is 2.72. The fraction of sp³-hybridized carbons (Fsp3) is 0. The molecule has 0 radical (unpaired) electrons. The van der Waals surface area contributed by atoms with Crippen LogP contribution in [0.2, 0.25) is 0 Å². The maximum absolute atomic E-state index is 5.80. The van der Waals surface area contributed by atoms with Gasteiger partial charge < -0.3 is 5.73 Å². The van der Waals surface area contributed by atoms with Gasteiger partial charge in [-0.3, -0.25) is 4.98 Å². The van der Waals surface area contributed by atoms with Gasteiger partial charge >= 0.3 is 0 Å². The highest BCUT2D eigenvalue weighted by molar-refractivity contribution is 7.17. The molecule has 0 unspecified atom stereocenters. The lowest BCUT2D eigenvalue weighted by Gasteiger charge is -2.00. The first kappa shape index (κ1) is 9.36. The third-order valence-corrected chi connectivity index (χ3v) is 3.54. The van der Waals surface area contributed by atoms with E-state index >= 15 is 0 Å². The molecule has 0 bridgehead atoms. The van der Waals surface area contributed by atoms with Crippen LogP contribution in [0.4, 0.5) is 5.69 Å². The molecule has 0 fully saturated rings. The lowest BCUT2D eigenvalue weighted by atomic mass is 10.1. The molecule has 0 amide bonds. The summed E-state index contributed by atoms with van der Waals surface area (Å²) in [5.41, 5.74) is 8.95. The van der Waals surface area contributed by atoms with Crippen LogP contribution in [0.15, 0.2) is 48.1 Å². The molecule has 3 heteroatoms. The fourth-order valence-corrected chi connectivity index (χ4v) is 2.74. The van der Waals surface area contributed by atoms with Gasteiger partial charge in [0.05, 0.1) is 0 Å². The highest BCUT2D eigenvalue weighted by atomic mass is 32.1. The molecule has 0 aliphatic rings. The van der Waals surface area contributed by atoms with E-state index in [9.17, 15) is 0 Å². The van der Waals surface area contributed by atoms with Gasteiger partial charge in [-0.2, -0.15) is 0 Å². The van der Waals surface area contributed by atoms with Crippen molar-refractivity contribution in [2.45, 2.75) is 0 Å². The first-order chi connectivity index (χ1) is 7.84. The molecule has 0 aliphatic heterocycles. The summed E-state index contributed by atoms with van der Waals surface area (Å²) in [4.78, 5) is 4.17. The van der Waals surface area contributed by atoms with Gasteiger partial charge in [0.25, 0.3) is 0 Å². The summed E-state index contributed by atoms with van der Waals surface area (Å²) in [6.07, 6.45) is 3.73. The van der Waals surface area contributed by atoms with Crippen LogP contribution in [0.1, 0.15) is 0 Å². The molecule has 2 nitrogen and oxygen atoms in total. The van der Waals surface area contributed by atoms with E-state index in [-0.39, 0.29) is 0 Å². The molecule has 2 heterocycles. The molecule has 0 spiro atoms. The molecule has 0 aliphatic carbocycles. The van der Waals surface area contributed by atoms with Crippen molar-refractivity contribution in [3.8, 4) is 11.1 Å². The lowest BCUT2D eigenvalue weighted by molar-refractivity contribution is 1.37. The predicted octanol–water partition coefficient (Wildman–Crippen LogP) is 3.55. The number of thiophene rings is 1. The third kappa shape index (κ3) is 1.46. The van der Waals surface area contributed by atoms with Crippen LogP contribution >= 0.6 is 11.3 Å². The van der Waals surface area contributed by atoms with E-state index < -0.39 is 0 Å². The Labute approximate surface area is 97.4 Å². The number of pyridine rings is 1. The van der Waals surface area contributed by atoms with Gasteiger partial charge in [-0.15, -0.1) is 11.3 Å². The van der Waals surface area contributed by atoms with Crippen molar-refractivity contribution in [3.05, 3.63) is 48.1 Å². The van der Waals surface area contributed by atoms with Crippen LogP contribution < -0.4 is 5.73 Å². The molecule has 0 atom stereocenters. The SMILES string of the molecule is Nc1cccc(-c2csc3ccncc23)c1. The number of hydrogen-bond acceptors (Lipinski definition) is 3. The Morgan fingerprint density at radius 1 is 1.19 bits per heavy atom. The van der Waals surface area contributed by atoms with Crippen LogP contribution in [0.25, 0.3) is 21.2 Å². The minimum atomic E-state index is 0.792. The predicted molar refractivity (Wildman–Crippen MR) is 69.5 cm³/mol. The van der Waals surface area contributed by atoms with Crippen molar-refractivity contribution in [3.63, 3.8) is 0 Å². The topological polar surface area (TPSA) is 38.9 Å². The second-order valence-corrected chi connectivity index (χ2v) is 4.56. The Kier molecular flexibility index (Phi) is 2.11. The summed E-state index contributed by atoms with van der Waals surface area (Å²) >= 11 is 1.73. The number of hydrogen-bond donors (Lipinski definition) is 1. The van der Waals surface area contributed by atoms with E-state index in [1.165, 1.54) is 15.6 Å². The van der Waals surface area contributed by atoms with Crippen molar-refractivity contribution < 1.29 is 0 Å². The number of anilines is 1. The number of aromatic nitrogens is 1. The lowest BCUT2D eigenvalue weighted by Crippen LogP contribution is -1.84. The molecule has 78 valence electrons. The third-order valence-electron chi connectivity index (χ3n) is 2.57. The van der Waals surface area contributed by atoms with Gasteiger partial charge in [0, 0.05) is 33.7 Å². The molecule has 2 N–H and O–H groups in total. The Bertz CT molecular complexity index is 643. The first-order valence-electron chi connectivity index (χ1n) is 5.02. The molecule has 1 aromatic carbocycles. The molecular weight excluding hydrogens is 216 g/mol. The van der Waals surface area contributed by atoms with Gasteiger partial charge in [0.15, 0.2) is 0 Å². The molecular formula is C13H10N2S. The van der Waals surface area contributed by atoms with Crippen LogP contribution in [-0.4, -0.2) is 4.98 Å². The van der Waals surface area contributed by atoms with Crippen LogP contribution in [-0.2, 0) is 0 Å². The van der Waals surface area contributed by atoms with Gasteiger partial charge in [0.1, 0.15) is 0 Å². The Morgan fingerprint density at radius 2 is 2.12 bits per heavy atom. The first-order valence-corrected chi connectivity index (χ1v) is 5.90. The maximum atomic E-state index is 5.80. The summed E-state index contributed by atoms with van der Waals surface area (Å²) in [7, 11) is 0. The fourth-order valence-electron chi connectivity index (χ4n) is 1.80. The zero-order chi connectivity index (χ0) is 11.0. The minimum absolute atomic E-state index is 0.792. The number of nitrogens with two attached hydrogens (primary N) is 1. The summed E-state index contributed by atoms with van der Waals surface area (Å²) in [5, 5.41) is 3.35. The number of benzene rings is 1. The van der Waals surface area contributed by atoms with E-state index in [0.29, 0.717) is 0 Å². The van der Waals surface area contributed by atoms with Crippen molar-refractivity contribution in [2.75, 3.05) is 5.73 Å². The van der Waals surface area contributed by atoms with Crippen molar-refractivity contribution in [1.82, 2.24) is 4.98 Å². The highest BCUT2D eigenvalue weighted by Gasteiger charge is 2.05. The number of nitrogen functional groups attached to an aromatic ring is 1. The smallest absolute Gasteiger partial charge is 0.0379 e. The second kappa shape index (κ2) is 3.61. The zero-order valence-corrected chi connectivity index (χ0v) is 9.37. The number of rotatable bonds is 1. The van der Waals surface area contributed by atoms with Crippen molar-refractivity contribution in [1.29, 1.82) is 0 Å². The Morgan fingerprint density at radius 3 is 3.00 bits per heavy atom. The highest BCUT2D eigenvalue weighted by Crippen LogP contribution is 2.33. The van der Waals surface area contributed by atoms with Crippen LogP contribution in [0, 0.1) is 0 Å². The van der Waals surface area contributed by atoms with E-state index in [2.05, 4.69) is 16.4 Å². The average molecular weight is 226 g/mol. The normalized spacial score (nSPS) is 10.8. The molecule has 3 rings (SSSR count). The summed E-state index contributed by atoms with van der Waals surface area (Å²) < 4.78 is 1.26. The largest absolute Gasteiger partial charge is 0.399 e. The van der Waals surface area contributed by atoms with E-state index in [0.717, 1.165) is 11.3 Å². The summed E-state index contributed by atoms with van der Waals surface area (Å²) in [6.45, 7) is 0. The monoisotopic (exact) mass is 226 g/mol. The summed E-state index contributed by atoms with van der Waals surface area (Å²) in [5.74, 6) is 0. The van der Waals surface area contributed by atoms with Crippen LogP contribution in [0.5, 0.6) is 0 Å². The standard InChI is InChI=1S/C13H10N2S/c14-10-3-1-2-9(6-10)12-8-16-13-4-5-15-7-11(12)13/h1-8H,14H2. The Hall–Kier alpha value is -1.87. The van der Waals surface area contributed by atoms with Gasteiger partial charge in [-0.1, -0.05) is 12.1 Å². The van der Waals surface area contributed by atoms with Crippen molar-refractivity contribution >= 4 is 27.1 Å². The minimum Gasteiger partial charge on any atom is -0.399 e. The number of nitrogens with zero attached hydrogens (tertiary/aromatic N) is 1. The van der Waals surface area contributed by atoms with E-state index in [4.69, 9.17) is 5.73 Å². The molecule has 3 aromatic rings. The van der Waals surface area contributed by atoms with Crippen LogP contribution in [0.3, 0.4) is 0 Å². The molecule has 2 aromatic heterocycles. The van der Waals surface area contributed by atoms with Gasteiger partial charge in [-0.05, 0) is 29.1 Å². The number of fused-ring (bicyclic) bond motifs is 1. The molecule has 16 heavy (non-hydrogen) atoms. The molecule has 0 saturated heterocycles. The van der Waals surface area contributed by atoms with Gasteiger partial charge in [0.2, 0.25) is 0 Å².